The molecule has 96 valence electrons. The van der Waals surface area contributed by atoms with Crippen molar-refractivity contribution in [3.63, 3.8) is 0 Å². The second-order valence-corrected chi connectivity index (χ2v) is 3.41. The van der Waals surface area contributed by atoms with Crippen LogP contribution in [0.3, 0.4) is 0 Å². The van der Waals surface area contributed by atoms with E-state index in [9.17, 15) is 4.79 Å². The minimum atomic E-state index is -0.278. The molecule has 1 aromatic rings. The first-order valence-corrected chi connectivity index (χ1v) is 5.63. The molecular formula is C13H17N3O2. The molecule has 0 heterocycles. The van der Waals surface area contributed by atoms with E-state index < -0.39 is 0 Å². The molecule has 0 fully saturated rings. The molecular weight excluding hydrogens is 230 g/mol. The van der Waals surface area contributed by atoms with Crippen LogP contribution in [0.15, 0.2) is 18.2 Å². The van der Waals surface area contributed by atoms with Gasteiger partial charge in [0.2, 0.25) is 0 Å². The summed E-state index contributed by atoms with van der Waals surface area (Å²) in [5.74, 6) is 6.24. The van der Waals surface area contributed by atoms with Gasteiger partial charge in [0.05, 0.1) is 19.3 Å². The topological polar surface area (TPSA) is 76.4 Å². The summed E-state index contributed by atoms with van der Waals surface area (Å²) >= 11 is 0. The fraction of sp³-hybridized carbons (Fsp3) is 0.308. The van der Waals surface area contributed by atoms with Gasteiger partial charge in [0.15, 0.2) is 0 Å². The lowest BCUT2D eigenvalue weighted by Crippen LogP contribution is -2.28. The number of rotatable bonds is 3. The smallest absolute Gasteiger partial charge is 0.319 e. The maximum Gasteiger partial charge on any atom is 0.319 e. The summed E-state index contributed by atoms with van der Waals surface area (Å²) in [5, 5.41) is 5.35. The Kier molecular flexibility index (Phi) is 5.55. The molecule has 18 heavy (non-hydrogen) atoms. The first-order valence-electron chi connectivity index (χ1n) is 5.63. The predicted octanol–water partition coefficient (Wildman–Crippen LogP) is 1.15. The summed E-state index contributed by atoms with van der Waals surface area (Å²) in [7, 11) is 1.55. The number of carbonyl (C=O) groups is 1. The van der Waals surface area contributed by atoms with Crippen molar-refractivity contribution in [3.05, 3.63) is 23.8 Å². The van der Waals surface area contributed by atoms with Gasteiger partial charge in [0.1, 0.15) is 5.75 Å². The number of nitrogens with one attached hydrogen (secondary N) is 2. The molecule has 0 saturated heterocycles. The van der Waals surface area contributed by atoms with Crippen molar-refractivity contribution in [2.75, 3.05) is 25.5 Å². The number of benzene rings is 1. The van der Waals surface area contributed by atoms with E-state index in [0.29, 0.717) is 24.5 Å². The highest BCUT2D eigenvalue weighted by Crippen LogP contribution is 2.25. The van der Waals surface area contributed by atoms with E-state index in [4.69, 9.17) is 10.5 Å². The van der Waals surface area contributed by atoms with Gasteiger partial charge in [-0.1, -0.05) is 11.8 Å². The minimum Gasteiger partial charge on any atom is -0.495 e. The number of carbonyl (C=O) groups excluding carboxylic acids is 1. The Hall–Kier alpha value is -2.19. The first kappa shape index (κ1) is 13.9. The molecule has 5 nitrogen and oxygen atoms in total. The van der Waals surface area contributed by atoms with Crippen molar-refractivity contribution in [2.24, 2.45) is 5.73 Å². The van der Waals surface area contributed by atoms with Gasteiger partial charge in [-0.05, 0) is 25.1 Å². The molecule has 0 atom stereocenters. The third kappa shape index (κ3) is 4.00. The molecule has 0 bridgehead atoms. The Balaban J connectivity index is 2.95. The number of urea groups is 1. The minimum absolute atomic E-state index is 0.278. The van der Waals surface area contributed by atoms with Gasteiger partial charge in [-0.25, -0.2) is 4.79 Å². The maximum absolute atomic E-state index is 11.5. The van der Waals surface area contributed by atoms with Crippen LogP contribution >= 0.6 is 0 Å². The standard InChI is InChI=1S/C13H17N3O2/c1-3-15-13(17)16-11-9-10(5-4-8-14)6-7-12(11)18-2/h6-7,9H,3,8,14H2,1-2H3,(H2,15,16,17). The summed E-state index contributed by atoms with van der Waals surface area (Å²) in [4.78, 5) is 11.5. The summed E-state index contributed by atoms with van der Waals surface area (Å²) in [6.07, 6.45) is 0. The molecule has 0 unspecified atom stereocenters. The van der Waals surface area contributed by atoms with Crippen molar-refractivity contribution in [1.82, 2.24) is 5.32 Å². The molecule has 4 N–H and O–H groups in total. The maximum atomic E-state index is 11.5. The van der Waals surface area contributed by atoms with Crippen molar-refractivity contribution in [2.45, 2.75) is 6.92 Å². The number of hydrogen-bond donors (Lipinski definition) is 3. The molecule has 0 spiro atoms. The highest BCUT2D eigenvalue weighted by molar-refractivity contribution is 5.91. The van der Waals surface area contributed by atoms with Crippen LogP contribution in [-0.2, 0) is 0 Å². The molecule has 0 aliphatic rings. The summed E-state index contributed by atoms with van der Waals surface area (Å²) in [6.45, 7) is 2.70. The third-order valence-corrected chi connectivity index (χ3v) is 2.12. The number of hydrogen-bond acceptors (Lipinski definition) is 3. The second kappa shape index (κ2) is 7.20. The van der Waals surface area contributed by atoms with Gasteiger partial charge in [-0.3, -0.25) is 0 Å². The summed E-state index contributed by atoms with van der Waals surface area (Å²) < 4.78 is 5.17. The van der Waals surface area contributed by atoms with Crippen LogP contribution in [0.1, 0.15) is 12.5 Å². The first-order chi connectivity index (χ1) is 8.71. The third-order valence-electron chi connectivity index (χ3n) is 2.12. The van der Waals surface area contributed by atoms with E-state index in [1.165, 1.54) is 0 Å². The van der Waals surface area contributed by atoms with Crippen LogP contribution in [0.4, 0.5) is 10.5 Å². The molecule has 5 heteroatoms. The summed E-state index contributed by atoms with van der Waals surface area (Å²) in [5.41, 5.74) is 6.66. The Bertz CT molecular complexity index is 475. The molecule has 0 aromatic heterocycles. The van der Waals surface area contributed by atoms with Crippen molar-refractivity contribution >= 4 is 11.7 Å². The van der Waals surface area contributed by atoms with Crippen LogP contribution in [0.25, 0.3) is 0 Å². The highest BCUT2D eigenvalue weighted by Gasteiger charge is 2.06. The van der Waals surface area contributed by atoms with Crippen molar-refractivity contribution in [1.29, 1.82) is 0 Å². The Labute approximate surface area is 107 Å². The van der Waals surface area contributed by atoms with Gasteiger partial charge in [-0.15, -0.1) is 0 Å². The van der Waals surface area contributed by atoms with E-state index in [-0.39, 0.29) is 6.03 Å². The highest BCUT2D eigenvalue weighted by atomic mass is 16.5. The van der Waals surface area contributed by atoms with E-state index >= 15 is 0 Å². The van der Waals surface area contributed by atoms with Gasteiger partial charge >= 0.3 is 6.03 Å². The van der Waals surface area contributed by atoms with Gasteiger partial charge < -0.3 is 21.1 Å². The molecule has 0 aliphatic heterocycles. The van der Waals surface area contributed by atoms with E-state index in [2.05, 4.69) is 22.5 Å². The van der Waals surface area contributed by atoms with Gasteiger partial charge in [0.25, 0.3) is 0 Å². The zero-order chi connectivity index (χ0) is 13.4. The van der Waals surface area contributed by atoms with E-state index in [0.717, 1.165) is 5.56 Å². The Morgan fingerprint density at radius 1 is 1.50 bits per heavy atom. The van der Waals surface area contributed by atoms with Gasteiger partial charge in [-0.2, -0.15) is 0 Å². The van der Waals surface area contributed by atoms with Crippen molar-refractivity contribution in [3.8, 4) is 17.6 Å². The average molecular weight is 247 g/mol. The quantitative estimate of drug-likeness (QED) is 0.701. The molecule has 1 aromatic carbocycles. The number of nitrogens with two attached hydrogens (primary N) is 1. The SMILES string of the molecule is CCNC(=O)Nc1cc(C#CCN)ccc1OC. The van der Waals surface area contributed by atoms with Crippen LogP contribution in [0, 0.1) is 11.8 Å². The lowest BCUT2D eigenvalue weighted by atomic mass is 10.2. The lowest BCUT2D eigenvalue weighted by Gasteiger charge is -2.10. The monoisotopic (exact) mass is 247 g/mol. The van der Waals surface area contributed by atoms with Crippen LogP contribution < -0.4 is 21.1 Å². The fourth-order valence-electron chi connectivity index (χ4n) is 1.36. The predicted molar refractivity (Wildman–Crippen MR) is 71.6 cm³/mol. The summed E-state index contributed by atoms with van der Waals surface area (Å²) in [6, 6.07) is 5.03. The number of anilines is 1. The Morgan fingerprint density at radius 2 is 2.28 bits per heavy atom. The van der Waals surface area contributed by atoms with Crippen LogP contribution in [0.2, 0.25) is 0 Å². The van der Waals surface area contributed by atoms with Crippen molar-refractivity contribution < 1.29 is 9.53 Å². The zero-order valence-corrected chi connectivity index (χ0v) is 10.5. The average Bonchev–Trinajstić information content (AvgIpc) is 2.37. The van der Waals surface area contributed by atoms with E-state index in [1.807, 2.05) is 13.0 Å². The molecule has 0 aliphatic carbocycles. The molecule has 1 rings (SSSR count). The molecule has 0 saturated carbocycles. The molecule has 2 amide bonds. The number of methoxy groups -OCH3 is 1. The zero-order valence-electron chi connectivity index (χ0n) is 10.5. The molecule has 0 radical (unpaired) electrons. The number of ether oxygens (including phenoxy) is 1. The van der Waals surface area contributed by atoms with Gasteiger partial charge in [0, 0.05) is 12.1 Å². The van der Waals surface area contributed by atoms with E-state index in [1.54, 1.807) is 19.2 Å². The normalized spacial score (nSPS) is 9.06. The lowest BCUT2D eigenvalue weighted by molar-refractivity contribution is 0.252. The largest absolute Gasteiger partial charge is 0.495 e. The second-order valence-electron chi connectivity index (χ2n) is 3.41. The number of amides is 2. The van der Waals surface area contributed by atoms with Crippen LogP contribution in [0.5, 0.6) is 5.75 Å². The Morgan fingerprint density at radius 3 is 2.89 bits per heavy atom. The van der Waals surface area contributed by atoms with Crippen LogP contribution in [-0.4, -0.2) is 26.2 Å². The fourth-order valence-corrected chi connectivity index (χ4v) is 1.36.